The van der Waals surface area contributed by atoms with Gasteiger partial charge in [0.05, 0.1) is 31.9 Å². The largest absolute Gasteiger partial charge is 0.494 e. The Morgan fingerprint density at radius 1 is 1.11 bits per heavy atom. The molecule has 0 aliphatic heterocycles. The summed E-state index contributed by atoms with van der Waals surface area (Å²) in [6, 6.07) is 6.92. The highest BCUT2D eigenvalue weighted by Crippen LogP contribution is 2.38. The van der Waals surface area contributed by atoms with E-state index in [1.54, 1.807) is 24.3 Å². The minimum absolute atomic E-state index is 0.0504. The fourth-order valence-corrected chi connectivity index (χ4v) is 4.45. The molecule has 36 heavy (non-hydrogen) atoms. The molecule has 4 aromatic rings. The highest BCUT2D eigenvalue weighted by Gasteiger charge is 2.29. The number of aromatic nitrogens is 5. The molecule has 0 bridgehead atoms. The number of nitrogens with zero attached hydrogens (tertiary/aromatic N) is 5. The van der Waals surface area contributed by atoms with Crippen LogP contribution in [0.5, 0.6) is 11.5 Å². The molecule has 0 amide bonds. The van der Waals surface area contributed by atoms with Crippen LogP contribution < -0.4 is 14.2 Å². The summed E-state index contributed by atoms with van der Waals surface area (Å²) in [6.07, 6.45) is 1.92. The number of hydrogen-bond acceptors (Lipinski definition) is 9. The van der Waals surface area contributed by atoms with Crippen LogP contribution in [0, 0.1) is 19.7 Å². The first-order valence-electron chi connectivity index (χ1n) is 10.9. The van der Waals surface area contributed by atoms with E-state index in [0.717, 1.165) is 18.0 Å². The van der Waals surface area contributed by atoms with E-state index in [9.17, 15) is 12.8 Å². The average molecular weight is 517 g/mol. The molecule has 3 aromatic heterocycles. The van der Waals surface area contributed by atoms with Crippen LogP contribution in [0.3, 0.4) is 0 Å². The number of para-hydroxylation sites is 1. The SMILES string of the molecule is COc1cccc(OC)c1-n1c(NS(=O)(=O)[C@@H](C)Cc2ncc(F)cn2)nnc1-c1cc(C)c(C)o1. The molecule has 190 valence electrons. The summed E-state index contributed by atoms with van der Waals surface area (Å²) in [5.41, 5.74) is 1.27. The number of furan rings is 1. The van der Waals surface area contributed by atoms with E-state index >= 15 is 0 Å². The molecule has 0 aliphatic rings. The molecule has 4 rings (SSSR count). The fourth-order valence-electron chi connectivity index (χ4n) is 3.50. The first-order valence-corrected chi connectivity index (χ1v) is 12.4. The van der Waals surface area contributed by atoms with E-state index in [-0.39, 0.29) is 24.0 Å². The molecule has 11 nitrogen and oxygen atoms in total. The summed E-state index contributed by atoms with van der Waals surface area (Å²) in [5, 5.41) is 7.35. The van der Waals surface area contributed by atoms with Crippen LogP contribution in [0.1, 0.15) is 24.1 Å². The minimum Gasteiger partial charge on any atom is -0.494 e. The Labute approximate surface area is 207 Å². The molecule has 0 spiro atoms. The van der Waals surface area contributed by atoms with Gasteiger partial charge in [0.1, 0.15) is 28.8 Å². The number of rotatable bonds is 9. The smallest absolute Gasteiger partial charge is 0.243 e. The zero-order valence-corrected chi connectivity index (χ0v) is 21.1. The van der Waals surface area contributed by atoms with E-state index in [1.807, 2.05) is 13.8 Å². The Morgan fingerprint density at radius 2 is 1.75 bits per heavy atom. The maximum absolute atomic E-state index is 13.3. The Kier molecular flexibility index (Phi) is 6.93. The van der Waals surface area contributed by atoms with Crippen molar-refractivity contribution in [2.75, 3.05) is 18.9 Å². The van der Waals surface area contributed by atoms with E-state index in [2.05, 4.69) is 24.9 Å². The predicted molar refractivity (Wildman–Crippen MR) is 129 cm³/mol. The second-order valence-electron chi connectivity index (χ2n) is 8.02. The standard InChI is InChI=1S/C23H25FN6O5S/c1-13-9-19(35-15(13)3)22-27-28-23(30(22)21-17(33-4)7-6-8-18(21)34-5)29-36(31,32)14(2)10-20-25-11-16(24)12-26-20/h6-9,11-12,14H,10H2,1-5H3,(H,28,29)/t14-/m0/s1. The van der Waals surface area contributed by atoms with Gasteiger partial charge in [-0.2, -0.15) is 0 Å². The number of halogens is 1. The number of aryl methyl sites for hydroxylation is 2. The molecule has 1 N–H and O–H groups in total. The predicted octanol–water partition coefficient (Wildman–Crippen LogP) is 3.46. The second-order valence-corrected chi connectivity index (χ2v) is 10.1. The molecule has 0 radical (unpaired) electrons. The lowest BCUT2D eigenvalue weighted by atomic mass is 10.2. The number of benzene rings is 1. The van der Waals surface area contributed by atoms with Gasteiger partial charge in [-0.15, -0.1) is 10.2 Å². The second kappa shape index (κ2) is 9.93. The van der Waals surface area contributed by atoms with Crippen molar-refractivity contribution in [1.29, 1.82) is 0 Å². The molecule has 1 aromatic carbocycles. The molecule has 3 heterocycles. The number of methoxy groups -OCH3 is 2. The van der Waals surface area contributed by atoms with Gasteiger partial charge in [-0.1, -0.05) is 6.07 Å². The maximum atomic E-state index is 13.3. The van der Waals surface area contributed by atoms with Crippen LogP contribution >= 0.6 is 0 Å². The molecule has 0 saturated heterocycles. The summed E-state index contributed by atoms with van der Waals surface area (Å²) in [7, 11) is -1.05. The van der Waals surface area contributed by atoms with Crippen molar-refractivity contribution >= 4 is 16.0 Å². The third-order valence-electron chi connectivity index (χ3n) is 5.58. The number of sulfonamides is 1. The molecular weight excluding hydrogens is 491 g/mol. The van der Waals surface area contributed by atoms with Crippen molar-refractivity contribution < 1.29 is 26.7 Å². The average Bonchev–Trinajstić information content (AvgIpc) is 3.41. The van der Waals surface area contributed by atoms with E-state index < -0.39 is 21.1 Å². The molecule has 0 fully saturated rings. The van der Waals surface area contributed by atoms with Crippen molar-refractivity contribution in [3.8, 4) is 28.8 Å². The van der Waals surface area contributed by atoms with Gasteiger partial charge < -0.3 is 13.9 Å². The number of anilines is 1. The van der Waals surface area contributed by atoms with Gasteiger partial charge in [0.15, 0.2) is 11.6 Å². The normalized spacial score (nSPS) is 12.4. The van der Waals surface area contributed by atoms with E-state index in [0.29, 0.717) is 28.7 Å². The molecule has 13 heteroatoms. The number of nitrogens with one attached hydrogen (secondary N) is 1. The summed E-state index contributed by atoms with van der Waals surface area (Å²) < 4.78 is 60.6. The van der Waals surface area contributed by atoms with Crippen molar-refractivity contribution in [3.05, 3.63) is 59.6 Å². The Hall–Kier alpha value is -4.00. The van der Waals surface area contributed by atoms with Gasteiger partial charge in [0.2, 0.25) is 21.8 Å². The molecule has 1 atom stereocenters. The van der Waals surface area contributed by atoms with Crippen LogP contribution in [0.4, 0.5) is 10.3 Å². The van der Waals surface area contributed by atoms with Gasteiger partial charge >= 0.3 is 0 Å². The maximum Gasteiger partial charge on any atom is 0.243 e. The number of hydrogen-bond donors (Lipinski definition) is 1. The van der Waals surface area contributed by atoms with Gasteiger partial charge in [0.25, 0.3) is 0 Å². The first kappa shape index (κ1) is 25.1. The minimum atomic E-state index is -4.02. The highest BCUT2D eigenvalue weighted by molar-refractivity contribution is 7.93. The Balaban J connectivity index is 1.81. The van der Waals surface area contributed by atoms with Crippen LogP contribution in [0.25, 0.3) is 17.3 Å². The lowest BCUT2D eigenvalue weighted by Gasteiger charge is -2.18. The molecule has 0 unspecified atom stereocenters. The monoisotopic (exact) mass is 516 g/mol. The lowest BCUT2D eigenvalue weighted by molar-refractivity contribution is 0.391. The van der Waals surface area contributed by atoms with Crippen molar-refractivity contribution in [1.82, 2.24) is 24.7 Å². The van der Waals surface area contributed by atoms with Gasteiger partial charge in [-0.25, -0.2) is 22.8 Å². The van der Waals surface area contributed by atoms with Gasteiger partial charge in [-0.3, -0.25) is 9.29 Å². The lowest BCUT2D eigenvalue weighted by Crippen LogP contribution is -2.29. The zero-order valence-electron chi connectivity index (χ0n) is 20.3. The van der Waals surface area contributed by atoms with Crippen LogP contribution in [-0.4, -0.2) is 52.6 Å². The van der Waals surface area contributed by atoms with Crippen LogP contribution in [0.15, 0.2) is 41.1 Å². The molecule has 0 saturated carbocycles. The van der Waals surface area contributed by atoms with Crippen molar-refractivity contribution in [2.45, 2.75) is 32.4 Å². The van der Waals surface area contributed by atoms with Crippen LogP contribution in [-0.2, 0) is 16.4 Å². The summed E-state index contributed by atoms with van der Waals surface area (Å²) in [5.74, 6) is 1.55. The van der Waals surface area contributed by atoms with E-state index in [1.165, 1.54) is 25.7 Å². The third kappa shape index (κ3) is 4.87. The zero-order chi connectivity index (χ0) is 26.0. The van der Waals surface area contributed by atoms with Crippen LogP contribution in [0.2, 0.25) is 0 Å². The van der Waals surface area contributed by atoms with Gasteiger partial charge in [0, 0.05) is 6.42 Å². The summed E-state index contributed by atoms with van der Waals surface area (Å²) in [4.78, 5) is 7.69. The first-order chi connectivity index (χ1) is 17.1. The summed E-state index contributed by atoms with van der Waals surface area (Å²) in [6.45, 7) is 5.18. The third-order valence-corrected chi connectivity index (χ3v) is 7.28. The van der Waals surface area contributed by atoms with E-state index in [4.69, 9.17) is 13.9 Å². The highest BCUT2D eigenvalue weighted by atomic mass is 32.2. The quantitative estimate of drug-likeness (QED) is 0.355. The number of ether oxygens (including phenoxy) is 2. The molecule has 0 aliphatic carbocycles. The van der Waals surface area contributed by atoms with Crippen molar-refractivity contribution in [2.24, 2.45) is 0 Å². The van der Waals surface area contributed by atoms with Gasteiger partial charge in [-0.05, 0) is 44.5 Å². The fraction of sp³-hybridized carbons (Fsp3) is 0.304. The van der Waals surface area contributed by atoms with Crippen molar-refractivity contribution in [3.63, 3.8) is 0 Å². The summed E-state index contributed by atoms with van der Waals surface area (Å²) >= 11 is 0. The Morgan fingerprint density at radius 3 is 2.31 bits per heavy atom. The molecular formula is C23H25FN6O5S. The Bertz CT molecular complexity index is 1440. The topological polar surface area (TPSA) is 134 Å².